The largest absolute Gasteiger partial charge is 0.490 e. The van der Waals surface area contributed by atoms with Crippen LogP contribution in [0.4, 0.5) is 0 Å². The number of carbonyl (C=O) groups is 1. The van der Waals surface area contributed by atoms with Crippen molar-refractivity contribution in [1.29, 1.82) is 0 Å². The average molecular weight is 355 g/mol. The first-order chi connectivity index (χ1) is 12.7. The second kappa shape index (κ2) is 8.67. The molecule has 0 bridgehead atoms. The number of ether oxygens (including phenoxy) is 2. The van der Waals surface area contributed by atoms with Gasteiger partial charge in [0.1, 0.15) is 6.61 Å². The minimum Gasteiger partial charge on any atom is -0.490 e. The number of nitrogens with two attached hydrogens (primary N) is 1. The Hall–Kier alpha value is -2.60. The molecule has 138 valence electrons. The van der Waals surface area contributed by atoms with E-state index in [2.05, 4.69) is 4.98 Å². The number of piperidine rings is 1. The first-order valence-corrected chi connectivity index (χ1v) is 9.00. The normalized spacial score (nSPS) is 17.0. The molecule has 0 aliphatic carbocycles. The summed E-state index contributed by atoms with van der Waals surface area (Å²) < 4.78 is 11.6. The smallest absolute Gasteiger partial charge is 0.254 e. The molecule has 0 spiro atoms. The monoisotopic (exact) mass is 355 g/mol. The molecule has 1 aliphatic heterocycles. The Labute approximate surface area is 153 Å². The zero-order chi connectivity index (χ0) is 18.4. The second-order valence-corrected chi connectivity index (χ2v) is 6.40. The number of hydrogen-bond acceptors (Lipinski definition) is 5. The van der Waals surface area contributed by atoms with Gasteiger partial charge in [-0.05, 0) is 44.0 Å². The number of carbonyl (C=O) groups excluding carboxylic acids is 1. The van der Waals surface area contributed by atoms with E-state index in [0.717, 1.165) is 24.9 Å². The summed E-state index contributed by atoms with van der Waals surface area (Å²) in [4.78, 5) is 18.7. The van der Waals surface area contributed by atoms with Gasteiger partial charge in [-0.1, -0.05) is 6.07 Å². The summed E-state index contributed by atoms with van der Waals surface area (Å²) >= 11 is 0. The minimum absolute atomic E-state index is 0.0140. The Morgan fingerprint density at radius 1 is 1.31 bits per heavy atom. The molecule has 1 aromatic carbocycles. The molecular weight excluding hydrogens is 330 g/mol. The van der Waals surface area contributed by atoms with Crippen molar-refractivity contribution in [2.24, 2.45) is 5.73 Å². The van der Waals surface area contributed by atoms with Crippen LogP contribution >= 0.6 is 0 Å². The molecule has 2 aromatic rings. The zero-order valence-corrected chi connectivity index (χ0v) is 15.1. The number of pyridine rings is 1. The summed E-state index contributed by atoms with van der Waals surface area (Å²) in [6.45, 7) is 4.14. The fourth-order valence-electron chi connectivity index (χ4n) is 3.05. The van der Waals surface area contributed by atoms with Crippen molar-refractivity contribution in [1.82, 2.24) is 9.88 Å². The summed E-state index contributed by atoms with van der Waals surface area (Å²) in [5.74, 6) is 1.17. The fraction of sp³-hybridized carbons (Fsp3) is 0.400. The number of amides is 1. The fourth-order valence-corrected chi connectivity index (χ4v) is 3.05. The van der Waals surface area contributed by atoms with Crippen LogP contribution in [-0.4, -0.2) is 41.5 Å². The molecule has 1 saturated heterocycles. The van der Waals surface area contributed by atoms with Crippen LogP contribution in [0, 0.1) is 0 Å². The van der Waals surface area contributed by atoms with Crippen LogP contribution in [0.25, 0.3) is 0 Å². The highest BCUT2D eigenvalue weighted by Gasteiger charge is 2.23. The van der Waals surface area contributed by atoms with Crippen molar-refractivity contribution >= 4 is 5.91 Å². The lowest BCUT2D eigenvalue weighted by molar-refractivity contribution is 0.0708. The number of nitrogens with zero attached hydrogens (tertiary/aromatic N) is 2. The van der Waals surface area contributed by atoms with E-state index in [9.17, 15) is 4.79 Å². The van der Waals surface area contributed by atoms with Crippen molar-refractivity contribution in [2.45, 2.75) is 32.4 Å². The first kappa shape index (κ1) is 18.2. The van der Waals surface area contributed by atoms with Gasteiger partial charge in [0.05, 0.1) is 6.61 Å². The lowest BCUT2D eigenvalue weighted by atomic mass is 10.1. The highest BCUT2D eigenvalue weighted by Crippen LogP contribution is 2.30. The van der Waals surface area contributed by atoms with E-state index in [1.807, 2.05) is 24.0 Å². The SMILES string of the molecule is CCOc1cc(C(=O)N2CCC[C@@H](N)C2)ccc1OCc1cccnc1. The summed E-state index contributed by atoms with van der Waals surface area (Å²) in [6, 6.07) is 9.20. The molecule has 0 radical (unpaired) electrons. The van der Waals surface area contributed by atoms with Crippen molar-refractivity contribution in [2.75, 3.05) is 19.7 Å². The molecule has 1 fully saturated rings. The third kappa shape index (κ3) is 4.52. The molecule has 6 heteroatoms. The van der Waals surface area contributed by atoms with Crippen LogP contribution in [0.1, 0.15) is 35.7 Å². The maximum atomic E-state index is 12.8. The number of aromatic nitrogens is 1. The van der Waals surface area contributed by atoms with Gasteiger partial charge < -0.3 is 20.1 Å². The lowest BCUT2D eigenvalue weighted by Gasteiger charge is -2.31. The maximum Gasteiger partial charge on any atom is 0.254 e. The molecule has 0 unspecified atom stereocenters. The number of hydrogen-bond donors (Lipinski definition) is 1. The Bertz CT molecular complexity index is 736. The molecule has 2 heterocycles. The van der Waals surface area contributed by atoms with Gasteiger partial charge in [-0.25, -0.2) is 0 Å². The predicted octanol–water partition coefficient (Wildman–Crippen LogP) is 2.62. The van der Waals surface area contributed by atoms with E-state index in [0.29, 0.717) is 36.8 Å². The van der Waals surface area contributed by atoms with Crippen LogP contribution < -0.4 is 15.2 Å². The van der Waals surface area contributed by atoms with Gasteiger partial charge in [0.15, 0.2) is 11.5 Å². The van der Waals surface area contributed by atoms with Gasteiger partial charge in [-0.2, -0.15) is 0 Å². The zero-order valence-electron chi connectivity index (χ0n) is 15.1. The molecule has 6 nitrogen and oxygen atoms in total. The summed E-state index contributed by atoms with van der Waals surface area (Å²) in [5.41, 5.74) is 7.56. The molecule has 1 aromatic heterocycles. The number of likely N-dealkylation sites (tertiary alicyclic amines) is 1. The van der Waals surface area contributed by atoms with Crippen molar-refractivity contribution < 1.29 is 14.3 Å². The Morgan fingerprint density at radius 3 is 2.92 bits per heavy atom. The van der Waals surface area contributed by atoms with Gasteiger partial charge in [0.2, 0.25) is 0 Å². The van der Waals surface area contributed by atoms with E-state index < -0.39 is 0 Å². The van der Waals surface area contributed by atoms with E-state index >= 15 is 0 Å². The Morgan fingerprint density at radius 2 is 2.19 bits per heavy atom. The Kier molecular flexibility index (Phi) is 6.07. The number of benzene rings is 1. The van der Waals surface area contributed by atoms with Crippen LogP contribution in [0.3, 0.4) is 0 Å². The second-order valence-electron chi connectivity index (χ2n) is 6.40. The first-order valence-electron chi connectivity index (χ1n) is 9.00. The molecule has 1 aliphatic rings. The molecule has 2 N–H and O–H groups in total. The molecule has 1 atom stereocenters. The van der Waals surface area contributed by atoms with Crippen molar-refractivity contribution in [3.8, 4) is 11.5 Å². The average Bonchev–Trinajstić information content (AvgIpc) is 2.67. The van der Waals surface area contributed by atoms with E-state index in [-0.39, 0.29) is 11.9 Å². The van der Waals surface area contributed by atoms with Crippen LogP contribution in [0.15, 0.2) is 42.7 Å². The van der Waals surface area contributed by atoms with Crippen molar-refractivity contribution in [3.63, 3.8) is 0 Å². The summed E-state index contributed by atoms with van der Waals surface area (Å²) in [6.07, 6.45) is 5.40. The molecule has 26 heavy (non-hydrogen) atoms. The standard InChI is InChI=1S/C20H25N3O3/c1-2-25-19-11-16(20(24)23-10-4-6-17(21)13-23)7-8-18(19)26-14-15-5-3-9-22-12-15/h3,5,7-9,11-12,17H,2,4,6,10,13-14,21H2,1H3/t17-/m1/s1. The van der Waals surface area contributed by atoms with Gasteiger partial charge in [0.25, 0.3) is 5.91 Å². The summed E-state index contributed by atoms with van der Waals surface area (Å²) in [7, 11) is 0. The Balaban J connectivity index is 1.74. The predicted molar refractivity (Wildman–Crippen MR) is 99.3 cm³/mol. The topological polar surface area (TPSA) is 77.7 Å². The minimum atomic E-state index is -0.0140. The molecule has 1 amide bonds. The molecule has 0 saturated carbocycles. The van der Waals surface area contributed by atoms with Gasteiger partial charge in [-0.15, -0.1) is 0 Å². The van der Waals surface area contributed by atoms with Gasteiger partial charge in [-0.3, -0.25) is 9.78 Å². The molecule has 3 rings (SSSR count). The van der Waals surface area contributed by atoms with Crippen LogP contribution in [-0.2, 0) is 6.61 Å². The lowest BCUT2D eigenvalue weighted by Crippen LogP contribution is -2.45. The number of rotatable bonds is 6. The van der Waals surface area contributed by atoms with Crippen LogP contribution in [0.2, 0.25) is 0 Å². The third-order valence-corrected chi connectivity index (χ3v) is 4.35. The van der Waals surface area contributed by atoms with Crippen molar-refractivity contribution in [3.05, 3.63) is 53.9 Å². The van der Waals surface area contributed by atoms with E-state index in [1.165, 1.54) is 0 Å². The van der Waals surface area contributed by atoms with Gasteiger partial charge in [0, 0.05) is 42.7 Å². The highest BCUT2D eigenvalue weighted by atomic mass is 16.5. The third-order valence-electron chi connectivity index (χ3n) is 4.35. The van der Waals surface area contributed by atoms with Gasteiger partial charge >= 0.3 is 0 Å². The molecular formula is C20H25N3O3. The maximum absolute atomic E-state index is 12.8. The van der Waals surface area contributed by atoms with E-state index in [4.69, 9.17) is 15.2 Å². The van der Waals surface area contributed by atoms with Crippen LogP contribution in [0.5, 0.6) is 11.5 Å². The summed E-state index contributed by atoms with van der Waals surface area (Å²) in [5, 5.41) is 0. The van der Waals surface area contributed by atoms with E-state index in [1.54, 1.807) is 30.6 Å². The quantitative estimate of drug-likeness (QED) is 0.862. The highest BCUT2D eigenvalue weighted by molar-refractivity contribution is 5.95.